The molecule has 2 aromatic carbocycles. The van der Waals surface area contributed by atoms with Crippen molar-refractivity contribution in [2.75, 3.05) is 5.32 Å². The van der Waals surface area contributed by atoms with Crippen LogP contribution in [-0.4, -0.2) is 21.3 Å². The van der Waals surface area contributed by atoms with Gasteiger partial charge in [-0.3, -0.25) is 5.10 Å². The highest BCUT2D eigenvalue weighted by atomic mass is 19.4. The molecule has 128 valence electrons. The molecule has 0 aliphatic carbocycles. The number of hydrogen-bond donors (Lipinski definition) is 3. The predicted molar refractivity (Wildman–Crippen MR) is 85.7 cm³/mol. The third-order valence-corrected chi connectivity index (χ3v) is 3.48. The fraction of sp³-hybridized carbons (Fsp3) is 0.0588. The fourth-order valence-corrected chi connectivity index (χ4v) is 2.31. The molecule has 0 bridgehead atoms. The van der Waals surface area contributed by atoms with Gasteiger partial charge in [-0.1, -0.05) is 24.3 Å². The molecule has 0 saturated heterocycles. The molecule has 3 aromatic rings. The van der Waals surface area contributed by atoms with Crippen molar-refractivity contribution in [1.82, 2.24) is 10.2 Å². The summed E-state index contributed by atoms with van der Waals surface area (Å²) < 4.78 is 38.5. The van der Waals surface area contributed by atoms with E-state index in [2.05, 4.69) is 15.5 Å². The number of hydrogen-bond acceptors (Lipinski definition) is 3. The molecule has 0 amide bonds. The summed E-state index contributed by atoms with van der Waals surface area (Å²) in [6.07, 6.45) is -4.43. The summed E-state index contributed by atoms with van der Waals surface area (Å²) in [6.45, 7) is 0. The predicted octanol–water partition coefficient (Wildman–Crippen LogP) is 4.54. The number of aromatic nitrogens is 2. The number of alkyl halides is 3. The lowest BCUT2D eigenvalue weighted by atomic mass is 10.1. The van der Waals surface area contributed by atoms with Crippen molar-refractivity contribution in [2.45, 2.75) is 6.18 Å². The van der Waals surface area contributed by atoms with Crippen LogP contribution in [0, 0.1) is 0 Å². The number of rotatable bonds is 4. The minimum Gasteiger partial charge on any atom is -0.477 e. The van der Waals surface area contributed by atoms with Crippen LogP contribution in [0.4, 0.5) is 24.5 Å². The normalized spacial score (nSPS) is 11.3. The summed E-state index contributed by atoms with van der Waals surface area (Å²) in [6, 6.07) is 13.0. The van der Waals surface area contributed by atoms with Gasteiger partial charge in [0.1, 0.15) is 5.69 Å². The van der Waals surface area contributed by atoms with E-state index in [9.17, 15) is 18.0 Å². The summed E-state index contributed by atoms with van der Waals surface area (Å²) in [4.78, 5) is 11.0. The molecule has 3 N–H and O–H groups in total. The van der Waals surface area contributed by atoms with Crippen molar-refractivity contribution in [3.05, 3.63) is 65.9 Å². The molecule has 0 aliphatic heterocycles. The second-order valence-corrected chi connectivity index (χ2v) is 5.22. The van der Waals surface area contributed by atoms with Gasteiger partial charge in [-0.2, -0.15) is 18.3 Å². The van der Waals surface area contributed by atoms with Gasteiger partial charge in [-0.15, -0.1) is 0 Å². The molecule has 5 nitrogen and oxygen atoms in total. The monoisotopic (exact) mass is 347 g/mol. The van der Waals surface area contributed by atoms with Crippen LogP contribution in [0.5, 0.6) is 0 Å². The first-order valence-corrected chi connectivity index (χ1v) is 7.17. The lowest BCUT2D eigenvalue weighted by Crippen LogP contribution is -2.05. The molecule has 1 heterocycles. The Bertz CT molecular complexity index is 919. The summed E-state index contributed by atoms with van der Waals surface area (Å²) in [5, 5.41) is 18.2. The molecule has 0 unspecified atom stereocenters. The van der Waals surface area contributed by atoms with E-state index < -0.39 is 17.7 Å². The van der Waals surface area contributed by atoms with Crippen molar-refractivity contribution >= 4 is 17.3 Å². The van der Waals surface area contributed by atoms with Crippen LogP contribution >= 0.6 is 0 Å². The Labute approximate surface area is 140 Å². The van der Waals surface area contributed by atoms with E-state index in [1.807, 2.05) is 0 Å². The van der Waals surface area contributed by atoms with Crippen LogP contribution in [0.25, 0.3) is 11.3 Å². The Hall–Kier alpha value is -3.29. The number of carboxylic acids is 1. The van der Waals surface area contributed by atoms with Crippen molar-refractivity contribution < 1.29 is 23.1 Å². The van der Waals surface area contributed by atoms with Crippen LogP contribution < -0.4 is 5.32 Å². The number of H-pyrrole nitrogens is 1. The summed E-state index contributed by atoms with van der Waals surface area (Å²) in [5.74, 6) is -1.15. The number of benzene rings is 2. The molecule has 0 saturated carbocycles. The first kappa shape index (κ1) is 16.6. The standard InChI is InChI=1S/C17H12F3N3O2/c18-17(19,20)10-4-3-5-11(8-10)21-13-7-2-1-6-12(13)14-9-15(16(24)25)23-22-14/h1-9,21H,(H,22,23)(H,24,25). The number of aromatic amines is 1. The number of halogens is 3. The molecule has 8 heteroatoms. The van der Waals surface area contributed by atoms with Gasteiger partial charge in [-0.05, 0) is 30.3 Å². The topological polar surface area (TPSA) is 78.0 Å². The molecule has 0 fully saturated rings. The molecule has 0 radical (unpaired) electrons. The van der Waals surface area contributed by atoms with E-state index in [1.54, 1.807) is 24.3 Å². The third kappa shape index (κ3) is 3.63. The fourth-order valence-electron chi connectivity index (χ4n) is 2.31. The molecule has 0 atom stereocenters. The molecule has 1 aromatic heterocycles. The van der Waals surface area contributed by atoms with E-state index in [1.165, 1.54) is 18.2 Å². The lowest BCUT2D eigenvalue weighted by molar-refractivity contribution is -0.137. The summed E-state index contributed by atoms with van der Waals surface area (Å²) in [5.41, 5.74) is 0.851. The minimum atomic E-state index is -4.43. The Balaban J connectivity index is 1.95. The Kier molecular flexibility index (Phi) is 4.18. The van der Waals surface area contributed by atoms with E-state index in [-0.39, 0.29) is 11.4 Å². The van der Waals surface area contributed by atoms with Crippen LogP contribution in [0.1, 0.15) is 16.1 Å². The highest BCUT2D eigenvalue weighted by Gasteiger charge is 2.30. The molecule has 0 aliphatic rings. The summed E-state index contributed by atoms with van der Waals surface area (Å²) in [7, 11) is 0. The number of carbonyl (C=O) groups is 1. The third-order valence-electron chi connectivity index (χ3n) is 3.48. The van der Waals surface area contributed by atoms with Gasteiger partial charge in [0.05, 0.1) is 11.3 Å². The van der Waals surface area contributed by atoms with Crippen molar-refractivity contribution in [3.63, 3.8) is 0 Å². The number of nitrogens with zero attached hydrogens (tertiary/aromatic N) is 1. The second-order valence-electron chi connectivity index (χ2n) is 5.22. The average Bonchev–Trinajstić information content (AvgIpc) is 3.05. The Morgan fingerprint density at radius 1 is 1.08 bits per heavy atom. The molecular formula is C17H12F3N3O2. The summed E-state index contributed by atoms with van der Waals surface area (Å²) >= 11 is 0. The molecule has 3 rings (SSSR count). The smallest absolute Gasteiger partial charge is 0.416 e. The second kappa shape index (κ2) is 6.31. The largest absolute Gasteiger partial charge is 0.477 e. The number of nitrogens with one attached hydrogen (secondary N) is 2. The van der Waals surface area contributed by atoms with Crippen LogP contribution in [0.3, 0.4) is 0 Å². The molecule has 25 heavy (non-hydrogen) atoms. The number of anilines is 2. The van der Waals surface area contributed by atoms with Crippen molar-refractivity contribution in [2.24, 2.45) is 0 Å². The van der Waals surface area contributed by atoms with Gasteiger partial charge in [-0.25, -0.2) is 4.79 Å². The van der Waals surface area contributed by atoms with Crippen LogP contribution in [0.15, 0.2) is 54.6 Å². The Morgan fingerprint density at radius 3 is 2.52 bits per heavy atom. The first-order chi connectivity index (χ1) is 11.8. The van der Waals surface area contributed by atoms with Crippen molar-refractivity contribution in [1.29, 1.82) is 0 Å². The minimum absolute atomic E-state index is 0.0797. The van der Waals surface area contributed by atoms with Gasteiger partial charge in [0.15, 0.2) is 0 Å². The maximum absolute atomic E-state index is 12.8. The van der Waals surface area contributed by atoms with Crippen LogP contribution in [-0.2, 0) is 6.18 Å². The number of aromatic carboxylic acids is 1. The average molecular weight is 347 g/mol. The highest BCUT2D eigenvalue weighted by Crippen LogP contribution is 2.33. The van der Waals surface area contributed by atoms with Gasteiger partial charge < -0.3 is 10.4 Å². The van der Waals surface area contributed by atoms with Crippen LogP contribution in [0.2, 0.25) is 0 Å². The zero-order chi connectivity index (χ0) is 18.0. The van der Waals surface area contributed by atoms with E-state index >= 15 is 0 Å². The zero-order valence-corrected chi connectivity index (χ0v) is 12.6. The number of carboxylic acid groups (broad SMARTS) is 1. The zero-order valence-electron chi connectivity index (χ0n) is 12.6. The van der Waals surface area contributed by atoms with Gasteiger partial charge in [0, 0.05) is 16.9 Å². The lowest BCUT2D eigenvalue weighted by Gasteiger charge is -2.13. The molecular weight excluding hydrogens is 335 g/mol. The number of para-hydroxylation sites is 1. The van der Waals surface area contributed by atoms with Gasteiger partial charge in [0.2, 0.25) is 0 Å². The van der Waals surface area contributed by atoms with Gasteiger partial charge in [0.25, 0.3) is 0 Å². The maximum Gasteiger partial charge on any atom is 0.416 e. The van der Waals surface area contributed by atoms with Gasteiger partial charge >= 0.3 is 12.1 Å². The van der Waals surface area contributed by atoms with Crippen molar-refractivity contribution in [3.8, 4) is 11.3 Å². The van der Waals surface area contributed by atoms with E-state index in [0.717, 1.165) is 12.1 Å². The maximum atomic E-state index is 12.8. The Morgan fingerprint density at radius 2 is 1.84 bits per heavy atom. The van der Waals surface area contributed by atoms with E-state index in [4.69, 9.17) is 5.11 Å². The molecule has 0 spiro atoms. The SMILES string of the molecule is O=C(O)c1cc(-c2ccccc2Nc2cccc(C(F)(F)F)c2)n[nH]1. The highest BCUT2D eigenvalue weighted by molar-refractivity contribution is 5.88. The van der Waals surface area contributed by atoms with E-state index in [0.29, 0.717) is 16.9 Å². The quantitative estimate of drug-likeness (QED) is 0.648. The first-order valence-electron chi connectivity index (χ1n) is 7.17.